The third-order valence-electron chi connectivity index (χ3n) is 3.91. The zero-order valence-electron chi connectivity index (χ0n) is 9.46. The standard InChI is InChI=1S/C12H21NO2/c1-2-3-10(11(14)15)13-8-12(6-7-12)9-4-5-9/h9-10,13H,2-8H2,1H3,(H,14,15). The summed E-state index contributed by atoms with van der Waals surface area (Å²) in [6.07, 6.45) is 7.03. The molecule has 2 aliphatic rings. The van der Waals surface area contributed by atoms with Crippen LogP contribution < -0.4 is 5.32 Å². The zero-order valence-corrected chi connectivity index (χ0v) is 9.46. The fourth-order valence-electron chi connectivity index (χ4n) is 2.51. The Hall–Kier alpha value is -0.570. The highest BCUT2D eigenvalue weighted by Crippen LogP contribution is 2.60. The van der Waals surface area contributed by atoms with E-state index in [9.17, 15) is 4.79 Å². The van der Waals surface area contributed by atoms with Crippen molar-refractivity contribution in [3.63, 3.8) is 0 Å². The second-order valence-corrected chi connectivity index (χ2v) is 5.20. The molecule has 0 amide bonds. The second-order valence-electron chi connectivity index (χ2n) is 5.20. The van der Waals surface area contributed by atoms with E-state index < -0.39 is 5.97 Å². The lowest BCUT2D eigenvalue weighted by molar-refractivity contribution is -0.139. The van der Waals surface area contributed by atoms with Crippen LogP contribution in [0, 0.1) is 11.3 Å². The largest absolute Gasteiger partial charge is 0.480 e. The molecule has 2 aliphatic carbocycles. The molecule has 0 spiro atoms. The first-order valence-corrected chi connectivity index (χ1v) is 6.14. The number of carbonyl (C=O) groups is 1. The maximum Gasteiger partial charge on any atom is 0.320 e. The van der Waals surface area contributed by atoms with Crippen molar-refractivity contribution in [2.45, 2.75) is 51.5 Å². The van der Waals surface area contributed by atoms with Gasteiger partial charge in [0.25, 0.3) is 0 Å². The highest BCUT2D eigenvalue weighted by Gasteiger charge is 2.53. The molecule has 2 rings (SSSR count). The van der Waals surface area contributed by atoms with E-state index in [2.05, 4.69) is 5.32 Å². The molecule has 3 heteroatoms. The van der Waals surface area contributed by atoms with Gasteiger partial charge in [-0.2, -0.15) is 0 Å². The minimum Gasteiger partial charge on any atom is -0.480 e. The maximum absolute atomic E-state index is 10.9. The van der Waals surface area contributed by atoms with E-state index in [0.717, 1.165) is 25.3 Å². The molecule has 2 saturated carbocycles. The highest BCUT2D eigenvalue weighted by atomic mass is 16.4. The molecular weight excluding hydrogens is 190 g/mol. The lowest BCUT2D eigenvalue weighted by Crippen LogP contribution is -2.40. The summed E-state index contributed by atoms with van der Waals surface area (Å²) in [6, 6.07) is -0.328. The zero-order chi connectivity index (χ0) is 10.9. The van der Waals surface area contributed by atoms with Crippen molar-refractivity contribution in [3.05, 3.63) is 0 Å². The van der Waals surface area contributed by atoms with Crippen molar-refractivity contribution < 1.29 is 9.90 Å². The summed E-state index contributed by atoms with van der Waals surface area (Å²) >= 11 is 0. The molecule has 0 aromatic carbocycles. The van der Waals surface area contributed by atoms with Crippen LogP contribution in [-0.2, 0) is 4.79 Å². The Kier molecular flexibility index (Phi) is 3.01. The fourth-order valence-corrected chi connectivity index (χ4v) is 2.51. The summed E-state index contributed by atoms with van der Waals surface area (Å²) in [5.74, 6) is 0.213. The van der Waals surface area contributed by atoms with Gasteiger partial charge in [0.1, 0.15) is 6.04 Å². The number of hydrogen-bond acceptors (Lipinski definition) is 2. The van der Waals surface area contributed by atoms with E-state index in [4.69, 9.17) is 5.11 Å². The SMILES string of the molecule is CCCC(NCC1(C2CC2)CC1)C(=O)O. The summed E-state index contributed by atoms with van der Waals surface area (Å²) in [5, 5.41) is 12.3. The Morgan fingerprint density at radius 3 is 2.60 bits per heavy atom. The normalized spacial score (nSPS) is 24.9. The van der Waals surface area contributed by atoms with Crippen molar-refractivity contribution in [1.82, 2.24) is 5.32 Å². The molecule has 15 heavy (non-hydrogen) atoms. The number of nitrogens with one attached hydrogen (secondary N) is 1. The van der Waals surface area contributed by atoms with Gasteiger partial charge in [-0.05, 0) is 43.4 Å². The molecule has 0 heterocycles. The van der Waals surface area contributed by atoms with Crippen molar-refractivity contribution in [3.8, 4) is 0 Å². The summed E-state index contributed by atoms with van der Waals surface area (Å²) in [4.78, 5) is 10.9. The smallest absolute Gasteiger partial charge is 0.320 e. The molecule has 3 nitrogen and oxygen atoms in total. The van der Waals surface area contributed by atoms with Gasteiger partial charge in [0.2, 0.25) is 0 Å². The van der Waals surface area contributed by atoms with Crippen molar-refractivity contribution in [1.29, 1.82) is 0 Å². The van der Waals surface area contributed by atoms with Crippen molar-refractivity contribution in [2.75, 3.05) is 6.54 Å². The lowest BCUT2D eigenvalue weighted by atomic mass is 10.00. The Labute approximate surface area is 91.2 Å². The van der Waals surface area contributed by atoms with Crippen LogP contribution in [0.4, 0.5) is 0 Å². The third-order valence-corrected chi connectivity index (χ3v) is 3.91. The molecule has 1 atom stereocenters. The van der Waals surface area contributed by atoms with Crippen LogP contribution >= 0.6 is 0 Å². The Morgan fingerprint density at radius 2 is 2.20 bits per heavy atom. The average molecular weight is 211 g/mol. The summed E-state index contributed by atoms with van der Waals surface area (Å²) in [5.41, 5.74) is 0.501. The summed E-state index contributed by atoms with van der Waals surface area (Å²) < 4.78 is 0. The van der Waals surface area contributed by atoms with Gasteiger partial charge in [-0.15, -0.1) is 0 Å². The van der Waals surface area contributed by atoms with Gasteiger partial charge in [0.15, 0.2) is 0 Å². The van der Waals surface area contributed by atoms with E-state index in [0.29, 0.717) is 5.41 Å². The molecule has 0 saturated heterocycles. The first-order valence-electron chi connectivity index (χ1n) is 6.14. The molecule has 1 unspecified atom stereocenters. The first-order chi connectivity index (χ1) is 7.18. The predicted molar refractivity (Wildman–Crippen MR) is 58.7 cm³/mol. The average Bonchev–Trinajstić information content (AvgIpc) is 3.01. The van der Waals surface area contributed by atoms with E-state index in [1.165, 1.54) is 25.7 Å². The lowest BCUT2D eigenvalue weighted by Gasteiger charge is -2.19. The molecular formula is C12H21NO2. The second kappa shape index (κ2) is 4.12. The molecule has 86 valence electrons. The third kappa shape index (κ3) is 2.51. The summed E-state index contributed by atoms with van der Waals surface area (Å²) in [6.45, 7) is 2.96. The van der Waals surface area contributed by atoms with E-state index in [-0.39, 0.29) is 6.04 Å². The molecule has 0 aromatic heterocycles. The predicted octanol–water partition coefficient (Wildman–Crippen LogP) is 2.02. The molecule has 2 N–H and O–H groups in total. The minimum absolute atomic E-state index is 0.328. The van der Waals surface area contributed by atoms with E-state index in [1.807, 2.05) is 6.92 Å². The Morgan fingerprint density at radius 1 is 1.53 bits per heavy atom. The molecule has 0 radical (unpaired) electrons. The van der Waals surface area contributed by atoms with E-state index >= 15 is 0 Å². The first kappa shape index (κ1) is 10.9. The van der Waals surface area contributed by atoms with Crippen LogP contribution in [0.1, 0.15) is 45.4 Å². The molecule has 2 fully saturated rings. The number of rotatable bonds is 7. The topological polar surface area (TPSA) is 49.3 Å². The maximum atomic E-state index is 10.9. The number of carboxylic acids is 1. The van der Waals surface area contributed by atoms with Gasteiger partial charge in [-0.25, -0.2) is 0 Å². The molecule has 0 aromatic rings. The van der Waals surface area contributed by atoms with Crippen LogP contribution in [0.5, 0.6) is 0 Å². The fraction of sp³-hybridized carbons (Fsp3) is 0.917. The van der Waals surface area contributed by atoms with Gasteiger partial charge in [0.05, 0.1) is 0 Å². The van der Waals surface area contributed by atoms with Gasteiger partial charge in [-0.3, -0.25) is 4.79 Å². The van der Waals surface area contributed by atoms with Crippen LogP contribution in [-0.4, -0.2) is 23.7 Å². The minimum atomic E-state index is -0.691. The van der Waals surface area contributed by atoms with Gasteiger partial charge < -0.3 is 10.4 Å². The van der Waals surface area contributed by atoms with Crippen LogP contribution in [0.25, 0.3) is 0 Å². The van der Waals surface area contributed by atoms with Gasteiger partial charge in [0, 0.05) is 6.54 Å². The molecule has 0 aliphatic heterocycles. The summed E-state index contributed by atoms with van der Waals surface area (Å²) in [7, 11) is 0. The number of carboxylic acid groups (broad SMARTS) is 1. The molecule has 0 bridgehead atoms. The van der Waals surface area contributed by atoms with Gasteiger partial charge >= 0.3 is 5.97 Å². The van der Waals surface area contributed by atoms with Crippen molar-refractivity contribution in [2.24, 2.45) is 11.3 Å². The Bertz CT molecular complexity index is 244. The highest BCUT2D eigenvalue weighted by molar-refractivity contribution is 5.73. The number of hydrogen-bond donors (Lipinski definition) is 2. The monoisotopic (exact) mass is 211 g/mol. The van der Waals surface area contributed by atoms with Crippen LogP contribution in [0.2, 0.25) is 0 Å². The van der Waals surface area contributed by atoms with Crippen LogP contribution in [0.3, 0.4) is 0 Å². The van der Waals surface area contributed by atoms with Gasteiger partial charge in [-0.1, -0.05) is 13.3 Å². The van der Waals surface area contributed by atoms with Crippen molar-refractivity contribution >= 4 is 5.97 Å². The quantitative estimate of drug-likeness (QED) is 0.677. The van der Waals surface area contributed by atoms with E-state index in [1.54, 1.807) is 0 Å². The van der Waals surface area contributed by atoms with Crippen LogP contribution in [0.15, 0.2) is 0 Å². The number of aliphatic carboxylic acids is 1. The Balaban J connectivity index is 1.77.